The molecule has 112 valence electrons. The Kier molecular flexibility index (Phi) is 4.57. The van der Waals surface area contributed by atoms with Crippen molar-refractivity contribution in [3.8, 4) is 0 Å². The number of carbonyl (C=O) groups is 1. The van der Waals surface area contributed by atoms with E-state index in [9.17, 15) is 4.79 Å². The number of hydrogen-bond acceptors (Lipinski definition) is 5. The molecule has 0 saturated carbocycles. The van der Waals surface area contributed by atoms with Gasteiger partial charge in [-0.25, -0.2) is 14.8 Å². The summed E-state index contributed by atoms with van der Waals surface area (Å²) in [6, 6.07) is 7.77. The van der Waals surface area contributed by atoms with Crippen molar-refractivity contribution in [3.05, 3.63) is 30.5 Å². The summed E-state index contributed by atoms with van der Waals surface area (Å²) in [5, 5.41) is 6.73. The molecular weight excluding hydrogens is 268 g/mol. The molecule has 0 saturated heterocycles. The maximum Gasteiger partial charge on any atom is 0.407 e. The molecular formula is C15H20N4O2. The molecule has 21 heavy (non-hydrogen) atoms. The third kappa shape index (κ3) is 4.91. The van der Waals surface area contributed by atoms with Crippen LogP contribution in [0.5, 0.6) is 0 Å². The van der Waals surface area contributed by atoms with Crippen molar-refractivity contribution in [2.24, 2.45) is 0 Å². The molecule has 0 aliphatic heterocycles. The van der Waals surface area contributed by atoms with Gasteiger partial charge in [-0.3, -0.25) is 0 Å². The third-order valence-corrected chi connectivity index (χ3v) is 2.57. The molecule has 2 rings (SSSR count). The number of nitrogens with zero attached hydrogens (tertiary/aromatic N) is 2. The van der Waals surface area contributed by atoms with Crippen LogP contribution in [0.15, 0.2) is 30.5 Å². The Morgan fingerprint density at radius 1 is 1.24 bits per heavy atom. The van der Waals surface area contributed by atoms with Gasteiger partial charge in [0.25, 0.3) is 0 Å². The number of benzene rings is 1. The monoisotopic (exact) mass is 288 g/mol. The van der Waals surface area contributed by atoms with E-state index in [1.165, 1.54) is 0 Å². The highest BCUT2D eigenvalue weighted by atomic mass is 16.6. The lowest BCUT2D eigenvalue weighted by molar-refractivity contribution is 0.0530. The molecule has 0 atom stereocenters. The third-order valence-electron chi connectivity index (χ3n) is 2.57. The second-order valence-corrected chi connectivity index (χ2v) is 5.61. The van der Waals surface area contributed by atoms with Crippen molar-refractivity contribution >= 4 is 22.9 Å². The van der Waals surface area contributed by atoms with Crippen LogP contribution >= 0.6 is 0 Å². The van der Waals surface area contributed by atoms with Crippen LogP contribution in [0.3, 0.4) is 0 Å². The second kappa shape index (κ2) is 6.39. The standard InChI is InChI=1S/C15H20N4O2/c1-15(2,3)21-14(20)17-9-8-16-13-18-10-11-6-4-5-7-12(11)19-13/h4-7,10H,8-9H2,1-3H3,(H,17,20)(H,16,18,19). The lowest BCUT2D eigenvalue weighted by Crippen LogP contribution is -2.35. The molecule has 1 heterocycles. The molecule has 0 aliphatic carbocycles. The maximum atomic E-state index is 11.5. The van der Waals surface area contributed by atoms with E-state index in [-0.39, 0.29) is 0 Å². The molecule has 6 heteroatoms. The fraction of sp³-hybridized carbons (Fsp3) is 0.400. The van der Waals surface area contributed by atoms with Gasteiger partial charge < -0.3 is 15.4 Å². The molecule has 2 N–H and O–H groups in total. The highest BCUT2D eigenvalue weighted by Gasteiger charge is 2.15. The van der Waals surface area contributed by atoms with Crippen molar-refractivity contribution < 1.29 is 9.53 Å². The van der Waals surface area contributed by atoms with E-state index in [2.05, 4.69) is 20.6 Å². The highest BCUT2D eigenvalue weighted by Crippen LogP contribution is 2.11. The Morgan fingerprint density at radius 2 is 2.00 bits per heavy atom. The van der Waals surface area contributed by atoms with Gasteiger partial charge in [0, 0.05) is 24.7 Å². The van der Waals surface area contributed by atoms with Crippen LogP contribution < -0.4 is 10.6 Å². The smallest absolute Gasteiger partial charge is 0.407 e. The summed E-state index contributed by atoms with van der Waals surface area (Å²) in [5.74, 6) is 0.541. The Hall–Kier alpha value is -2.37. The van der Waals surface area contributed by atoms with Crippen LogP contribution in [0.1, 0.15) is 20.8 Å². The van der Waals surface area contributed by atoms with Gasteiger partial charge in [-0.05, 0) is 26.8 Å². The van der Waals surface area contributed by atoms with Gasteiger partial charge in [-0.1, -0.05) is 18.2 Å². The van der Waals surface area contributed by atoms with Gasteiger partial charge in [0.1, 0.15) is 5.60 Å². The largest absolute Gasteiger partial charge is 0.444 e. The Labute approximate surface area is 123 Å². The first-order chi connectivity index (χ1) is 9.94. The minimum atomic E-state index is -0.487. The zero-order chi connectivity index (χ0) is 15.3. The first-order valence-corrected chi connectivity index (χ1v) is 6.86. The van der Waals surface area contributed by atoms with Crippen molar-refractivity contribution in [1.82, 2.24) is 15.3 Å². The number of aromatic nitrogens is 2. The SMILES string of the molecule is CC(C)(C)OC(=O)NCCNc1ncc2ccccc2n1. The predicted octanol–water partition coefficient (Wildman–Crippen LogP) is 2.57. The van der Waals surface area contributed by atoms with E-state index in [0.29, 0.717) is 19.0 Å². The number of rotatable bonds is 4. The van der Waals surface area contributed by atoms with Crippen LogP contribution in [0.2, 0.25) is 0 Å². The lowest BCUT2D eigenvalue weighted by atomic mass is 10.2. The number of amides is 1. The van der Waals surface area contributed by atoms with Crippen LogP contribution in [0.4, 0.5) is 10.7 Å². The molecule has 0 aliphatic rings. The zero-order valence-corrected chi connectivity index (χ0v) is 12.5. The fourth-order valence-corrected chi connectivity index (χ4v) is 1.71. The molecule has 0 fully saturated rings. The first kappa shape index (κ1) is 15.0. The number of alkyl carbamates (subject to hydrolysis) is 1. The second-order valence-electron chi connectivity index (χ2n) is 5.61. The van der Waals surface area contributed by atoms with Gasteiger partial charge in [0.2, 0.25) is 5.95 Å². The average Bonchev–Trinajstić information content (AvgIpc) is 2.41. The van der Waals surface area contributed by atoms with E-state index >= 15 is 0 Å². The Balaban J connectivity index is 1.79. The van der Waals surface area contributed by atoms with Gasteiger partial charge >= 0.3 is 6.09 Å². The van der Waals surface area contributed by atoms with Gasteiger partial charge in [0.05, 0.1) is 5.52 Å². The number of carbonyl (C=O) groups excluding carboxylic acids is 1. The van der Waals surface area contributed by atoms with Crippen LogP contribution in [-0.4, -0.2) is 34.8 Å². The van der Waals surface area contributed by atoms with E-state index in [1.54, 1.807) is 6.20 Å². The van der Waals surface area contributed by atoms with E-state index in [0.717, 1.165) is 10.9 Å². The number of ether oxygens (including phenoxy) is 1. The number of fused-ring (bicyclic) bond motifs is 1. The maximum absolute atomic E-state index is 11.5. The average molecular weight is 288 g/mol. The molecule has 0 radical (unpaired) electrons. The van der Waals surface area contributed by atoms with E-state index < -0.39 is 11.7 Å². The summed E-state index contributed by atoms with van der Waals surface area (Å²) in [6.45, 7) is 6.44. The summed E-state index contributed by atoms with van der Waals surface area (Å²) in [6.07, 6.45) is 1.34. The summed E-state index contributed by atoms with van der Waals surface area (Å²) in [7, 11) is 0. The van der Waals surface area contributed by atoms with Crippen LogP contribution in [0.25, 0.3) is 10.9 Å². The Morgan fingerprint density at radius 3 is 2.76 bits per heavy atom. The van der Waals surface area contributed by atoms with E-state index in [1.807, 2.05) is 45.0 Å². The van der Waals surface area contributed by atoms with Crippen molar-refractivity contribution in [1.29, 1.82) is 0 Å². The minimum Gasteiger partial charge on any atom is -0.444 e. The molecule has 0 unspecified atom stereocenters. The quantitative estimate of drug-likeness (QED) is 0.846. The van der Waals surface area contributed by atoms with E-state index in [4.69, 9.17) is 4.74 Å². The normalized spacial score (nSPS) is 11.2. The first-order valence-electron chi connectivity index (χ1n) is 6.86. The van der Waals surface area contributed by atoms with Crippen molar-refractivity contribution in [2.45, 2.75) is 26.4 Å². The topological polar surface area (TPSA) is 76.1 Å². The highest BCUT2D eigenvalue weighted by molar-refractivity contribution is 5.78. The number of para-hydroxylation sites is 1. The molecule has 0 spiro atoms. The van der Waals surface area contributed by atoms with Crippen molar-refractivity contribution in [2.75, 3.05) is 18.4 Å². The fourth-order valence-electron chi connectivity index (χ4n) is 1.71. The van der Waals surface area contributed by atoms with Gasteiger partial charge in [0.15, 0.2) is 0 Å². The summed E-state index contributed by atoms with van der Waals surface area (Å²) in [4.78, 5) is 20.1. The summed E-state index contributed by atoms with van der Waals surface area (Å²) >= 11 is 0. The molecule has 0 bridgehead atoms. The summed E-state index contributed by atoms with van der Waals surface area (Å²) < 4.78 is 5.14. The van der Waals surface area contributed by atoms with Crippen molar-refractivity contribution in [3.63, 3.8) is 0 Å². The summed E-state index contributed by atoms with van der Waals surface area (Å²) in [5.41, 5.74) is 0.397. The van der Waals surface area contributed by atoms with Gasteiger partial charge in [-0.2, -0.15) is 0 Å². The van der Waals surface area contributed by atoms with Gasteiger partial charge in [-0.15, -0.1) is 0 Å². The van der Waals surface area contributed by atoms with Crippen LogP contribution in [0, 0.1) is 0 Å². The lowest BCUT2D eigenvalue weighted by Gasteiger charge is -2.19. The molecule has 1 amide bonds. The minimum absolute atomic E-state index is 0.427. The number of hydrogen-bond donors (Lipinski definition) is 2. The molecule has 2 aromatic rings. The Bertz CT molecular complexity index is 622. The molecule has 1 aromatic carbocycles. The number of anilines is 1. The number of nitrogens with one attached hydrogen (secondary N) is 2. The molecule has 6 nitrogen and oxygen atoms in total. The zero-order valence-electron chi connectivity index (χ0n) is 12.5. The molecule has 1 aromatic heterocycles. The predicted molar refractivity (Wildman–Crippen MR) is 82.3 cm³/mol. The van der Waals surface area contributed by atoms with Crippen LogP contribution in [-0.2, 0) is 4.74 Å².